The fraction of sp³-hybridized carbons (Fsp3) is 0.304. The highest BCUT2D eigenvalue weighted by Gasteiger charge is 2.34. The van der Waals surface area contributed by atoms with Crippen LogP contribution in [-0.2, 0) is 4.74 Å². The third-order valence-corrected chi connectivity index (χ3v) is 5.86. The summed E-state index contributed by atoms with van der Waals surface area (Å²) >= 11 is 0. The van der Waals surface area contributed by atoms with E-state index in [1.165, 1.54) is 26.4 Å². The Hall–Kier alpha value is -3.08. The van der Waals surface area contributed by atoms with Crippen molar-refractivity contribution in [3.05, 3.63) is 53.3 Å². The van der Waals surface area contributed by atoms with E-state index in [9.17, 15) is 9.59 Å². The van der Waals surface area contributed by atoms with Gasteiger partial charge in [0.25, 0.3) is 0 Å². The highest BCUT2D eigenvalue weighted by molar-refractivity contribution is 6.29. The number of ether oxygens (including phenoxy) is 1. The van der Waals surface area contributed by atoms with Crippen LogP contribution < -0.4 is 5.32 Å². The lowest BCUT2D eigenvalue weighted by atomic mass is 9.85. The second-order valence-corrected chi connectivity index (χ2v) is 7.52. The van der Waals surface area contributed by atoms with Gasteiger partial charge in [-0.2, -0.15) is 0 Å². The van der Waals surface area contributed by atoms with Crippen molar-refractivity contribution in [2.75, 3.05) is 12.4 Å². The van der Waals surface area contributed by atoms with Crippen LogP contribution in [0.15, 0.2) is 40.8 Å². The van der Waals surface area contributed by atoms with Gasteiger partial charge < -0.3 is 14.5 Å². The normalized spacial score (nSPS) is 16.1. The smallest absolute Gasteiger partial charge is 0.374 e. The number of hydrogen-bond acceptors (Lipinski definition) is 5. The number of carbonyl (C=O) groups excluding carboxylic acids is 2. The number of furan rings is 1. The Morgan fingerprint density at radius 3 is 2.61 bits per heavy atom. The summed E-state index contributed by atoms with van der Waals surface area (Å²) in [7, 11) is 1.33. The number of nitrogens with one attached hydrogen (secondary N) is 1. The van der Waals surface area contributed by atoms with Crippen LogP contribution in [0.25, 0.3) is 22.1 Å². The zero-order valence-electron chi connectivity index (χ0n) is 15.7. The van der Waals surface area contributed by atoms with Gasteiger partial charge in [-0.3, -0.25) is 4.79 Å². The Bertz CT molecular complexity index is 1110. The van der Waals surface area contributed by atoms with E-state index in [2.05, 4.69) is 5.32 Å². The average molecular weight is 377 g/mol. The van der Waals surface area contributed by atoms with E-state index in [4.69, 9.17) is 9.15 Å². The van der Waals surface area contributed by atoms with Crippen molar-refractivity contribution >= 4 is 28.2 Å². The zero-order valence-corrected chi connectivity index (χ0v) is 15.7. The second-order valence-electron chi connectivity index (χ2n) is 7.52. The first-order valence-corrected chi connectivity index (χ1v) is 9.77. The van der Waals surface area contributed by atoms with Crippen molar-refractivity contribution in [1.29, 1.82) is 0 Å². The van der Waals surface area contributed by atoms with Gasteiger partial charge in [0.2, 0.25) is 5.76 Å². The quantitative estimate of drug-likeness (QED) is 0.483. The van der Waals surface area contributed by atoms with Gasteiger partial charge in [-0.15, -0.1) is 0 Å². The van der Waals surface area contributed by atoms with Gasteiger partial charge in [-0.1, -0.05) is 43.5 Å². The van der Waals surface area contributed by atoms with E-state index < -0.39 is 5.97 Å². The van der Waals surface area contributed by atoms with Gasteiger partial charge >= 0.3 is 5.97 Å². The lowest BCUT2D eigenvalue weighted by Gasteiger charge is -2.26. The van der Waals surface area contributed by atoms with Crippen molar-refractivity contribution in [3.63, 3.8) is 0 Å². The molecule has 1 N–H and O–H groups in total. The molecule has 5 nitrogen and oxygen atoms in total. The van der Waals surface area contributed by atoms with E-state index in [1.807, 2.05) is 36.4 Å². The minimum atomic E-state index is -0.540. The highest BCUT2D eigenvalue weighted by atomic mass is 16.5. The van der Waals surface area contributed by atoms with Crippen LogP contribution in [0.4, 0.5) is 5.69 Å². The first-order valence-electron chi connectivity index (χ1n) is 9.77. The number of fused-ring (bicyclic) bond motifs is 2. The van der Waals surface area contributed by atoms with Gasteiger partial charge in [0, 0.05) is 35.1 Å². The summed E-state index contributed by atoms with van der Waals surface area (Å²) in [5.41, 5.74) is 2.72. The molecule has 0 bridgehead atoms. The molecule has 0 spiro atoms. The monoisotopic (exact) mass is 377 g/mol. The average Bonchev–Trinajstić information content (AvgIpc) is 3.13. The molecule has 0 amide bonds. The SMILES string of the molecule is COC(=O)c1oc2c3c(c(NC4CCCCC4)ccc13)C(=O)c1ccccc1-2.[HH]. The molecule has 1 fully saturated rings. The summed E-state index contributed by atoms with van der Waals surface area (Å²) in [5.74, 6) is 0.126. The van der Waals surface area contributed by atoms with Crippen LogP contribution in [0.5, 0.6) is 0 Å². The summed E-state index contributed by atoms with van der Waals surface area (Å²) in [6, 6.07) is 11.5. The molecule has 2 aliphatic rings. The molecule has 5 rings (SSSR count). The Labute approximate surface area is 164 Å². The first kappa shape index (κ1) is 17.0. The van der Waals surface area contributed by atoms with E-state index in [1.54, 1.807) is 0 Å². The topological polar surface area (TPSA) is 68.5 Å². The number of hydrogen-bond donors (Lipinski definition) is 1. The number of carbonyl (C=O) groups is 2. The first-order chi connectivity index (χ1) is 13.7. The van der Waals surface area contributed by atoms with E-state index >= 15 is 0 Å². The summed E-state index contributed by atoms with van der Waals surface area (Å²) in [5, 5.41) is 4.91. The summed E-state index contributed by atoms with van der Waals surface area (Å²) < 4.78 is 10.9. The maximum Gasteiger partial charge on any atom is 0.374 e. The number of esters is 1. The lowest BCUT2D eigenvalue weighted by molar-refractivity contribution is 0.0569. The molecule has 0 radical (unpaired) electrons. The maximum absolute atomic E-state index is 13.4. The molecule has 0 aliphatic heterocycles. The van der Waals surface area contributed by atoms with E-state index in [0.717, 1.165) is 24.1 Å². The molecule has 144 valence electrons. The largest absolute Gasteiger partial charge is 0.463 e. The molecule has 28 heavy (non-hydrogen) atoms. The van der Waals surface area contributed by atoms with Crippen LogP contribution in [0, 0.1) is 0 Å². The van der Waals surface area contributed by atoms with Crippen LogP contribution in [-0.4, -0.2) is 24.9 Å². The Morgan fingerprint density at radius 2 is 1.86 bits per heavy atom. The second kappa shape index (κ2) is 6.51. The Balaban J connectivity index is 0.00000205. The van der Waals surface area contributed by atoms with Gasteiger partial charge in [0.1, 0.15) is 5.76 Å². The van der Waals surface area contributed by atoms with Crippen LogP contribution in [0.2, 0.25) is 0 Å². The predicted octanol–water partition coefficient (Wildman–Crippen LogP) is 5.42. The molecule has 1 heterocycles. The summed E-state index contributed by atoms with van der Waals surface area (Å²) in [6.07, 6.45) is 5.89. The van der Waals surface area contributed by atoms with Crippen LogP contribution in [0.1, 0.15) is 60.0 Å². The van der Waals surface area contributed by atoms with Crippen molar-refractivity contribution in [3.8, 4) is 11.3 Å². The maximum atomic E-state index is 13.4. The fourth-order valence-corrected chi connectivity index (χ4v) is 4.51. The molecular formula is C23H23NO4. The predicted molar refractivity (Wildman–Crippen MR) is 109 cm³/mol. The van der Waals surface area contributed by atoms with Gasteiger partial charge in [0.15, 0.2) is 5.78 Å². The Morgan fingerprint density at radius 1 is 1.11 bits per heavy atom. The molecule has 0 unspecified atom stereocenters. The summed E-state index contributed by atoms with van der Waals surface area (Å²) in [6.45, 7) is 0. The third-order valence-electron chi connectivity index (χ3n) is 5.86. The molecule has 5 heteroatoms. The van der Waals surface area contributed by atoms with E-state index in [0.29, 0.717) is 33.7 Å². The molecule has 0 atom stereocenters. The van der Waals surface area contributed by atoms with Gasteiger partial charge in [0.05, 0.1) is 12.7 Å². The zero-order chi connectivity index (χ0) is 19.3. The minimum Gasteiger partial charge on any atom is -0.463 e. The van der Waals surface area contributed by atoms with Crippen molar-refractivity contribution in [1.82, 2.24) is 0 Å². The number of methoxy groups -OCH3 is 1. The van der Waals surface area contributed by atoms with Crippen LogP contribution >= 0.6 is 0 Å². The highest BCUT2D eigenvalue weighted by Crippen LogP contribution is 2.45. The van der Waals surface area contributed by atoms with Gasteiger partial charge in [-0.25, -0.2) is 4.79 Å². The number of anilines is 1. The fourth-order valence-electron chi connectivity index (χ4n) is 4.51. The summed E-state index contributed by atoms with van der Waals surface area (Å²) in [4.78, 5) is 25.7. The molecule has 3 aromatic rings. The molecule has 1 aromatic heterocycles. The lowest BCUT2D eigenvalue weighted by Crippen LogP contribution is -2.24. The molecule has 1 saturated carbocycles. The standard InChI is InChI=1S/C23H21NO4.H2/c1-27-23(26)22-16-11-12-17(24-13-7-3-2-4-8-13)19-18(16)21(28-22)15-10-6-5-9-14(15)20(19)25;/h5-6,9-13,24H,2-4,7-8H2,1H3;1H. The third kappa shape index (κ3) is 2.46. The number of rotatable bonds is 3. The number of ketones is 1. The Kier molecular flexibility index (Phi) is 3.97. The van der Waals surface area contributed by atoms with Crippen LogP contribution in [0.3, 0.4) is 0 Å². The molecule has 2 aliphatic carbocycles. The van der Waals surface area contributed by atoms with Crippen molar-refractivity contribution in [2.24, 2.45) is 0 Å². The van der Waals surface area contributed by atoms with Crippen molar-refractivity contribution in [2.45, 2.75) is 38.1 Å². The molecule has 0 saturated heterocycles. The van der Waals surface area contributed by atoms with Crippen molar-refractivity contribution < 1.29 is 20.2 Å². The number of benzene rings is 2. The molecule has 2 aromatic carbocycles. The minimum absolute atomic E-state index is 0. The van der Waals surface area contributed by atoms with Gasteiger partial charge in [-0.05, 0) is 25.0 Å². The molecular weight excluding hydrogens is 354 g/mol. The van der Waals surface area contributed by atoms with E-state index in [-0.39, 0.29) is 13.0 Å².